The molecule has 0 radical (unpaired) electrons. The van der Waals surface area contributed by atoms with Gasteiger partial charge in [0.05, 0.1) is 4.92 Å². The third-order valence-corrected chi connectivity index (χ3v) is 6.23. The van der Waals surface area contributed by atoms with Gasteiger partial charge in [0.2, 0.25) is 11.6 Å². The predicted molar refractivity (Wildman–Crippen MR) is 115 cm³/mol. The molecule has 1 aromatic heterocycles. The molecule has 154 valence electrons. The number of halogens is 2. The van der Waals surface area contributed by atoms with Gasteiger partial charge in [-0.3, -0.25) is 10.1 Å². The van der Waals surface area contributed by atoms with E-state index < -0.39 is 4.92 Å². The van der Waals surface area contributed by atoms with Crippen molar-refractivity contribution in [2.75, 3.05) is 16.8 Å². The molecular weight excluding hydrogens is 413 g/mol. The normalized spacial score (nSPS) is 25.1. The van der Waals surface area contributed by atoms with Crippen LogP contribution in [0.2, 0.25) is 10.0 Å². The first-order valence-corrected chi connectivity index (χ1v) is 10.3. The molecule has 7 nitrogen and oxygen atoms in total. The van der Waals surface area contributed by atoms with Crippen molar-refractivity contribution in [1.82, 2.24) is 9.97 Å². The quantitative estimate of drug-likeness (QED) is 0.479. The van der Waals surface area contributed by atoms with Crippen molar-refractivity contribution in [3.05, 3.63) is 44.7 Å². The number of hydrogen-bond donors (Lipinski definition) is 1. The minimum atomic E-state index is -0.417. The second-order valence-corrected chi connectivity index (χ2v) is 10.1. The van der Waals surface area contributed by atoms with Gasteiger partial charge in [-0.1, -0.05) is 44.0 Å². The van der Waals surface area contributed by atoms with E-state index in [2.05, 4.69) is 41.0 Å². The van der Waals surface area contributed by atoms with E-state index >= 15 is 0 Å². The molecule has 1 saturated heterocycles. The monoisotopic (exact) mass is 435 g/mol. The smallest absolute Gasteiger partial charge is 0.347 e. The lowest BCUT2D eigenvalue weighted by Gasteiger charge is -2.39. The number of fused-ring (bicyclic) bond motifs is 2. The summed E-state index contributed by atoms with van der Waals surface area (Å²) in [7, 11) is 0. The van der Waals surface area contributed by atoms with Crippen LogP contribution >= 0.6 is 23.2 Å². The Hall–Kier alpha value is -2.12. The minimum absolute atomic E-state index is 0.124. The average molecular weight is 436 g/mol. The lowest BCUT2D eigenvalue weighted by atomic mass is 9.65. The van der Waals surface area contributed by atoms with E-state index in [-0.39, 0.29) is 28.4 Å². The molecular formula is C20H23Cl2N5O2. The van der Waals surface area contributed by atoms with E-state index in [1.165, 1.54) is 6.33 Å². The van der Waals surface area contributed by atoms with E-state index in [4.69, 9.17) is 23.2 Å². The summed E-state index contributed by atoms with van der Waals surface area (Å²) < 4.78 is 0. The number of hydrogen-bond acceptors (Lipinski definition) is 6. The molecule has 1 aliphatic heterocycles. The van der Waals surface area contributed by atoms with Crippen molar-refractivity contribution in [2.24, 2.45) is 10.8 Å². The molecule has 2 unspecified atom stereocenters. The molecule has 2 atom stereocenters. The summed E-state index contributed by atoms with van der Waals surface area (Å²) >= 11 is 12.1. The van der Waals surface area contributed by atoms with Gasteiger partial charge in [-0.25, -0.2) is 9.97 Å². The number of benzene rings is 1. The maximum Gasteiger partial charge on any atom is 0.353 e. The first kappa shape index (κ1) is 20.2. The average Bonchev–Trinajstić information content (AvgIpc) is 2.82. The first-order valence-electron chi connectivity index (χ1n) is 9.54. The van der Waals surface area contributed by atoms with Gasteiger partial charge in [0.15, 0.2) is 0 Å². The highest BCUT2D eigenvalue weighted by atomic mass is 35.5. The minimum Gasteiger partial charge on any atom is -0.347 e. The van der Waals surface area contributed by atoms with E-state index in [1.807, 2.05) is 0 Å². The lowest BCUT2D eigenvalue weighted by Crippen LogP contribution is -2.35. The Morgan fingerprint density at radius 1 is 1.17 bits per heavy atom. The number of nitrogens with one attached hydrogen (secondary N) is 1. The second-order valence-electron chi connectivity index (χ2n) is 9.28. The summed E-state index contributed by atoms with van der Waals surface area (Å²) in [6.45, 7) is 7.55. The fourth-order valence-electron chi connectivity index (χ4n) is 5.31. The Morgan fingerprint density at radius 3 is 2.52 bits per heavy atom. The lowest BCUT2D eigenvalue weighted by molar-refractivity contribution is -0.383. The summed E-state index contributed by atoms with van der Waals surface area (Å²) in [5.74, 6) is 0.497. The number of anilines is 3. The molecule has 2 fully saturated rings. The molecule has 4 rings (SSSR count). The molecule has 2 heterocycles. The fourth-order valence-corrected chi connectivity index (χ4v) is 5.84. The zero-order valence-electron chi connectivity index (χ0n) is 16.6. The van der Waals surface area contributed by atoms with Crippen LogP contribution in [0.1, 0.15) is 40.0 Å². The first-order chi connectivity index (χ1) is 13.6. The van der Waals surface area contributed by atoms with Gasteiger partial charge in [-0.15, -0.1) is 0 Å². The molecule has 2 aromatic rings. The van der Waals surface area contributed by atoms with Crippen LogP contribution in [0.15, 0.2) is 24.5 Å². The van der Waals surface area contributed by atoms with Crippen LogP contribution in [0, 0.1) is 20.9 Å². The van der Waals surface area contributed by atoms with Crippen molar-refractivity contribution in [2.45, 2.75) is 46.1 Å². The topological polar surface area (TPSA) is 84.2 Å². The van der Waals surface area contributed by atoms with Gasteiger partial charge in [-0.05, 0) is 48.3 Å². The number of nitro groups is 1. The van der Waals surface area contributed by atoms with Gasteiger partial charge in [0, 0.05) is 28.3 Å². The standard InChI is InChI=1S/C20H23Cl2N5O2/c1-19(2)7-15-8-20(3,9-19)10-26(15)18-16(27(28)29)17(23-11-24-18)25-14-5-12(21)4-13(22)6-14/h4-6,11,15H,7-10H2,1-3H3,(H,23,24,25). The molecule has 0 spiro atoms. The summed E-state index contributed by atoms with van der Waals surface area (Å²) in [5.41, 5.74) is 0.729. The third-order valence-electron chi connectivity index (χ3n) is 5.80. The van der Waals surface area contributed by atoms with E-state index in [0.717, 1.165) is 25.8 Å². The molecule has 29 heavy (non-hydrogen) atoms. The van der Waals surface area contributed by atoms with E-state index in [1.54, 1.807) is 18.2 Å². The molecule has 1 aromatic carbocycles. The van der Waals surface area contributed by atoms with Crippen LogP contribution in [0.5, 0.6) is 0 Å². The summed E-state index contributed by atoms with van der Waals surface area (Å²) in [6.07, 6.45) is 4.46. The van der Waals surface area contributed by atoms with Crippen LogP contribution in [-0.2, 0) is 0 Å². The summed E-state index contributed by atoms with van der Waals surface area (Å²) in [4.78, 5) is 22.2. The largest absolute Gasteiger partial charge is 0.353 e. The van der Waals surface area contributed by atoms with Crippen LogP contribution in [0.3, 0.4) is 0 Å². The van der Waals surface area contributed by atoms with Crippen LogP contribution < -0.4 is 10.2 Å². The van der Waals surface area contributed by atoms with Gasteiger partial charge >= 0.3 is 5.69 Å². The predicted octanol–water partition coefficient (Wildman–Crippen LogP) is 5.84. The van der Waals surface area contributed by atoms with Crippen LogP contribution in [-0.4, -0.2) is 27.5 Å². The highest BCUT2D eigenvalue weighted by Gasteiger charge is 2.51. The van der Waals surface area contributed by atoms with Crippen LogP contribution in [0.25, 0.3) is 0 Å². The zero-order chi connectivity index (χ0) is 21.0. The molecule has 1 saturated carbocycles. The maximum atomic E-state index is 12.0. The maximum absolute atomic E-state index is 12.0. The summed E-state index contributed by atoms with van der Waals surface area (Å²) in [5, 5.41) is 15.9. The van der Waals surface area contributed by atoms with Crippen molar-refractivity contribution in [3.63, 3.8) is 0 Å². The van der Waals surface area contributed by atoms with Gasteiger partial charge in [0.25, 0.3) is 0 Å². The number of aromatic nitrogens is 2. The highest BCUT2D eigenvalue weighted by Crippen LogP contribution is 2.54. The zero-order valence-corrected chi connectivity index (χ0v) is 18.1. The molecule has 1 N–H and O–H groups in total. The van der Waals surface area contributed by atoms with Crippen molar-refractivity contribution in [1.29, 1.82) is 0 Å². The molecule has 2 bridgehead atoms. The Labute approximate surface area is 179 Å². The van der Waals surface area contributed by atoms with Crippen molar-refractivity contribution < 1.29 is 4.92 Å². The Balaban J connectivity index is 1.74. The molecule has 1 aliphatic carbocycles. The second kappa shape index (κ2) is 6.99. The number of rotatable bonds is 4. The van der Waals surface area contributed by atoms with Crippen molar-refractivity contribution >= 4 is 46.2 Å². The Bertz CT molecular complexity index is 963. The van der Waals surface area contributed by atoms with Gasteiger partial charge < -0.3 is 10.2 Å². The van der Waals surface area contributed by atoms with Crippen molar-refractivity contribution in [3.8, 4) is 0 Å². The fraction of sp³-hybridized carbons (Fsp3) is 0.500. The SMILES string of the molecule is CC1(C)CC2CC(C)(CN2c2ncnc(Nc3cc(Cl)cc(Cl)c3)c2[N+](=O)[O-])C1. The number of nitrogens with zero attached hydrogens (tertiary/aromatic N) is 4. The van der Waals surface area contributed by atoms with E-state index in [0.29, 0.717) is 21.6 Å². The Kier molecular flexibility index (Phi) is 4.86. The molecule has 9 heteroatoms. The Morgan fingerprint density at radius 2 is 1.86 bits per heavy atom. The van der Waals surface area contributed by atoms with Gasteiger partial charge in [0.1, 0.15) is 6.33 Å². The summed E-state index contributed by atoms with van der Waals surface area (Å²) in [6, 6.07) is 5.11. The molecule has 2 aliphatic rings. The third kappa shape index (κ3) is 3.98. The highest BCUT2D eigenvalue weighted by molar-refractivity contribution is 6.35. The van der Waals surface area contributed by atoms with E-state index in [9.17, 15) is 10.1 Å². The van der Waals surface area contributed by atoms with Crippen LogP contribution in [0.4, 0.5) is 23.0 Å². The van der Waals surface area contributed by atoms with Gasteiger partial charge in [-0.2, -0.15) is 0 Å². The molecule has 0 amide bonds.